The van der Waals surface area contributed by atoms with Crippen LogP contribution in [0.5, 0.6) is 5.75 Å². The summed E-state index contributed by atoms with van der Waals surface area (Å²) in [6.07, 6.45) is 1.83. The van der Waals surface area contributed by atoms with Gasteiger partial charge in [-0.2, -0.15) is 0 Å². The second-order valence-corrected chi connectivity index (χ2v) is 6.03. The number of anilines is 1. The molecule has 24 heavy (non-hydrogen) atoms. The first kappa shape index (κ1) is 16.3. The van der Waals surface area contributed by atoms with Crippen molar-refractivity contribution >= 4 is 16.6 Å². The van der Waals surface area contributed by atoms with Crippen molar-refractivity contribution in [1.82, 2.24) is 9.88 Å². The zero-order chi connectivity index (χ0) is 16.8. The van der Waals surface area contributed by atoms with Crippen molar-refractivity contribution < 1.29 is 4.74 Å². The Morgan fingerprint density at radius 3 is 2.58 bits per heavy atom. The fourth-order valence-corrected chi connectivity index (χ4v) is 2.49. The summed E-state index contributed by atoms with van der Waals surface area (Å²) in [6.45, 7) is 2.37. The predicted octanol–water partition coefficient (Wildman–Crippen LogP) is 3.79. The molecule has 0 aliphatic carbocycles. The molecular weight excluding hydrogens is 298 g/mol. The number of aromatic nitrogens is 1. The minimum Gasteiger partial charge on any atom is -0.492 e. The van der Waals surface area contributed by atoms with Gasteiger partial charge in [-0.3, -0.25) is 4.98 Å². The summed E-state index contributed by atoms with van der Waals surface area (Å²) in [5.41, 5.74) is 3.27. The summed E-state index contributed by atoms with van der Waals surface area (Å²) < 4.78 is 5.72. The first-order valence-electron chi connectivity index (χ1n) is 8.16. The third-order valence-electron chi connectivity index (χ3n) is 3.85. The molecule has 0 unspecified atom stereocenters. The highest BCUT2D eigenvalue weighted by molar-refractivity contribution is 5.90. The molecule has 0 spiro atoms. The number of nitrogens with one attached hydrogen (secondary N) is 1. The van der Waals surface area contributed by atoms with Crippen LogP contribution >= 0.6 is 0 Å². The van der Waals surface area contributed by atoms with Crippen molar-refractivity contribution in [1.29, 1.82) is 0 Å². The molecule has 0 amide bonds. The third-order valence-corrected chi connectivity index (χ3v) is 3.85. The van der Waals surface area contributed by atoms with Gasteiger partial charge in [-0.15, -0.1) is 0 Å². The van der Waals surface area contributed by atoms with Crippen molar-refractivity contribution in [3.63, 3.8) is 0 Å². The van der Waals surface area contributed by atoms with Gasteiger partial charge < -0.3 is 15.0 Å². The van der Waals surface area contributed by atoms with E-state index in [0.717, 1.165) is 35.4 Å². The molecule has 0 bridgehead atoms. The zero-order valence-electron chi connectivity index (χ0n) is 14.2. The molecule has 1 N–H and O–H groups in total. The third kappa shape index (κ3) is 4.24. The van der Waals surface area contributed by atoms with Gasteiger partial charge in [0.2, 0.25) is 0 Å². The number of hydrogen-bond donors (Lipinski definition) is 1. The first-order chi connectivity index (χ1) is 11.7. The van der Waals surface area contributed by atoms with Crippen LogP contribution in [0.1, 0.15) is 5.56 Å². The highest BCUT2D eigenvalue weighted by Gasteiger charge is 2.02. The molecular formula is C20H23N3O. The largest absolute Gasteiger partial charge is 0.492 e. The molecule has 0 saturated heterocycles. The Morgan fingerprint density at radius 1 is 1.00 bits per heavy atom. The fraction of sp³-hybridized carbons (Fsp3) is 0.250. The molecule has 4 nitrogen and oxygen atoms in total. The summed E-state index contributed by atoms with van der Waals surface area (Å²) in [6, 6.07) is 18.5. The number of hydrogen-bond acceptors (Lipinski definition) is 4. The molecule has 3 aromatic rings. The van der Waals surface area contributed by atoms with E-state index in [2.05, 4.69) is 45.5 Å². The molecule has 2 aromatic carbocycles. The van der Waals surface area contributed by atoms with Crippen LogP contribution in [0.15, 0.2) is 60.8 Å². The van der Waals surface area contributed by atoms with Gasteiger partial charge in [0, 0.05) is 24.7 Å². The van der Waals surface area contributed by atoms with Crippen LogP contribution in [0.25, 0.3) is 10.9 Å². The Kier molecular flexibility index (Phi) is 5.29. The Morgan fingerprint density at radius 2 is 1.79 bits per heavy atom. The Hall–Kier alpha value is -2.59. The highest BCUT2D eigenvalue weighted by atomic mass is 16.5. The normalized spacial score (nSPS) is 11.0. The molecule has 0 aliphatic rings. The number of rotatable bonds is 7. The molecule has 3 rings (SSSR count). The van der Waals surface area contributed by atoms with Crippen molar-refractivity contribution in [2.75, 3.05) is 32.6 Å². The number of likely N-dealkylation sites (N-methyl/N-ethyl adjacent to an activating group) is 1. The SMILES string of the molecule is CN(C)CCOc1ccc(CNc2cccc3cccnc23)cc1. The van der Waals surface area contributed by atoms with Gasteiger partial charge in [0.25, 0.3) is 0 Å². The van der Waals surface area contributed by atoms with Crippen LogP contribution in [0.3, 0.4) is 0 Å². The minimum absolute atomic E-state index is 0.701. The van der Waals surface area contributed by atoms with E-state index in [1.54, 1.807) is 0 Å². The molecule has 0 aliphatic heterocycles. The molecule has 0 radical (unpaired) electrons. The number of pyridine rings is 1. The van der Waals surface area contributed by atoms with E-state index in [4.69, 9.17) is 4.74 Å². The second kappa shape index (κ2) is 7.79. The Bertz CT molecular complexity index is 779. The van der Waals surface area contributed by atoms with Gasteiger partial charge >= 0.3 is 0 Å². The van der Waals surface area contributed by atoms with Crippen molar-refractivity contribution in [2.24, 2.45) is 0 Å². The second-order valence-electron chi connectivity index (χ2n) is 6.03. The van der Waals surface area contributed by atoms with Crippen LogP contribution < -0.4 is 10.1 Å². The smallest absolute Gasteiger partial charge is 0.119 e. The standard InChI is InChI=1S/C20H23N3O/c1-23(2)13-14-24-18-10-8-16(9-11-18)15-22-19-7-3-5-17-6-4-12-21-20(17)19/h3-12,22H,13-15H2,1-2H3. The number of ether oxygens (including phenoxy) is 1. The minimum atomic E-state index is 0.701. The van der Waals surface area contributed by atoms with E-state index in [-0.39, 0.29) is 0 Å². The number of nitrogens with zero attached hydrogens (tertiary/aromatic N) is 2. The summed E-state index contributed by atoms with van der Waals surface area (Å²) in [5.74, 6) is 0.910. The van der Waals surface area contributed by atoms with Gasteiger partial charge in [0.05, 0.1) is 11.2 Å². The van der Waals surface area contributed by atoms with Gasteiger partial charge in [0.15, 0.2) is 0 Å². The molecule has 0 saturated carbocycles. The average Bonchev–Trinajstić information content (AvgIpc) is 2.61. The van der Waals surface area contributed by atoms with Crippen LogP contribution in [0, 0.1) is 0 Å². The van der Waals surface area contributed by atoms with Gasteiger partial charge in [-0.05, 0) is 43.9 Å². The summed E-state index contributed by atoms with van der Waals surface area (Å²) in [5, 5.41) is 4.62. The first-order valence-corrected chi connectivity index (χ1v) is 8.16. The van der Waals surface area contributed by atoms with Crippen LogP contribution in [0.2, 0.25) is 0 Å². The molecule has 124 valence electrons. The number of fused-ring (bicyclic) bond motifs is 1. The van der Waals surface area contributed by atoms with Crippen molar-refractivity contribution in [3.05, 3.63) is 66.4 Å². The van der Waals surface area contributed by atoms with Crippen LogP contribution in [-0.4, -0.2) is 37.1 Å². The molecule has 1 heterocycles. The van der Waals surface area contributed by atoms with Crippen LogP contribution in [0.4, 0.5) is 5.69 Å². The maximum atomic E-state index is 5.72. The van der Waals surface area contributed by atoms with E-state index in [1.807, 2.05) is 44.6 Å². The molecule has 0 fully saturated rings. The number of para-hydroxylation sites is 1. The fourth-order valence-electron chi connectivity index (χ4n) is 2.49. The van der Waals surface area contributed by atoms with Gasteiger partial charge in [-0.1, -0.05) is 30.3 Å². The zero-order valence-corrected chi connectivity index (χ0v) is 14.2. The quantitative estimate of drug-likeness (QED) is 0.718. The lowest BCUT2D eigenvalue weighted by Crippen LogP contribution is -2.19. The van der Waals surface area contributed by atoms with E-state index in [0.29, 0.717) is 6.61 Å². The predicted molar refractivity (Wildman–Crippen MR) is 99.6 cm³/mol. The number of benzene rings is 2. The highest BCUT2D eigenvalue weighted by Crippen LogP contribution is 2.21. The average molecular weight is 321 g/mol. The van der Waals surface area contributed by atoms with Crippen molar-refractivity contribution in [2.45, 2.75) is 6.54 Å². The topological polar surface area (TPSA) is 37.4 Å². The van der Waals surface area contributed by atoms with E-state index in [1.165, 1.54) is 5.56 Å². The lowest BCUT2D eigenvalue weighted by atomic mass is 10.1. The molecule has 0 atom stereocenters. The lowest BCUT2D eigenvalue weighted by molar-refractivity contribution is 0.261. The van der Waals surface area contributed by atoms with Crippen LogP contribution in [-0.2, 0) is 6.54 Å². The molecule has 4 heteroatoms. The lowest BCUT2D eigenvalue weighted by Gasteiger charge is -2.12. The van der Waals surface area contributed by atoms with E-state index >= 15 is 0 Å². The van der Waals surface area contributed by atoms with Gasteiger partial charge in [-0.25, -0.2) is 0 Å². The Labute approximate surface area is 143 Å². The molecule has 1 aromatic heterocycles. The van der Waals surface area contributed by atoms with E-state index in [9.17, 15) is 0 Å². The van der Waals surface area contributed by atoms with Gasteiger partial charge in [0.1, 0.15) is 12.4 Å². The van der Waals surface area contributed by atoms with E-state index < -0.39 is 0 Å². The van der Waals surface area contributed by atoms with Crippen molar-refractivity contribution in [3.8, 4) is 5.75 Å². The summed E-state index contributed by atoms with van der Waals surface area (Å²) >= 11 is 0. The summed E-state index contributed by atoms with van der Waals surface area (Å²) in [4.78, 5) is 6.58. The summed E-state index contributed by atoms with van der Waals surface area (Å²) in [7, 11) is 4.08. The maximum absolute atomic E-state index is 5.72. The monoisotopic (exact) mass is 321 g/mol. The maximum Gasteiger partial charge on any atom is 0.119 e. The Balaban J connectivity index is 1.60.